The smallest absolute Gasteiger partial charge is 0.271 e. The zero-order valence-electron chi connectivity index (χ0n) is 13.4. The Kier molecular flexibility index (Phi) is 4.99. The van der Waals surface area contributed by atoms with Gasteiger partial charge in [0.05, 0.1) is 6.54 Å². The molecule has 0 aliphatic rings. The van der Waals surface area contributed by atoms with E-state index in [0.29, 0.717) is 6.54 Å². The largest absolute Gasteiger partial charge is 0.347 e. The Morgan fingerprint density at radius 3 is 2.40 bits per heavy atom. The summed E-state index contributed by atoms with van der Waals surface area (Å²) in [5.74, 6) is -0.713. The van der Waals surface area contributed by atoms with Gasteiger partial charge in [-0.15, -0.1) is 0 Å². The first-order valence-electron chi connectivity index (χ1n) is 7.76. The molecule has 0 aliphatic carbocycles. The van der Waals surface area contributed by atoms with Crippen LogP contribution in [0.2, 0.25) is 0 Å². The van der Waals surface area contributed by atoms with E-state index in [2.05, 4.69) is 10.4 Å². The number of hydrogen-bond donors (Lipinski definition) is 1. The van der Waals surface area contributed by atoms with Gasteiger partial charge in [0.1, 0.15) is 11.5 Å². The second kappa shape index (κ2) is 7.53. The molecule has 1 amide bonds. The number of benzene rings is 2. The van der Waals surface area contributed by atoms with Gasteiger partial charge < -0.3 is 5.32 Å². The predicted octanol–water partition coefficient (Wildman–Crippen LogP) is 2.36. The molecule has 1 heterocycles. The summed E-state index contributed by atoms with van der Waals surface area (Å²) in [6.45, 7) is 0.539. The highest BCUT2D eigenvalue weighted by atomic mass is 19.1. The van der Waals surface area contributed by atoms with Crippen molar-refractivity contribution in [3.05, 3.63) is 99.7 Å². The fourth-order valence-electron chi connectivity index (χ4n) is 2.31. The van der Waals surface area contributed by atoms with Gasteiger partial charge in [-0.25, -0.2) is 9.07 Å². The Labute approximate surface area is 143 Å². The molecule has 5 nitrogen and oxygen atoms in total. The molecule has 0 bridgehead atoms. The third-order valence-electron chi connectivity index (χ3n) is 3.64. The van der Waals surface area contributed by atoms with Crippen LogP contribution < -0.4 is 10.9 Å². The third kappa shape index (κ3) is 4.38. The molecule has 6 heteroatoms. The fraction of sp³-hybridized carbons (Fsp3) is 0.105. The minimum absolute atomic E-state index is 0.151. The summed E-state index contributed by atoms with van der Waals surface area (Å²) < 4.78 is 14.1. The van der Waals surface area contributed by atoms with Crippen LogP contribution in [0.25, 0.3) is 0 Å². The second-order valence-corrected chi connectivity index (χ2v) is 5.51. The summed E-state index contributed by atoms with van der Waals surface area (Å²) in [7, 11) is 0. The highest BCUT2D eigenvalue weighted by Gasteiger charge is 2.10. The van der Waals surface area contributed by atoms with Crippen LogP contribution in [0.15, 0.2) is 71.5 Å². The molecule has 0 unspecified atom stereocenters. The van der Waals surface area contributed by atoms with E-state index in [9.17, 15) is 14.0 Å². The first kappa shape index (κ1) is 16.6. The van der Waals surface area contributed by atoms with Crippen molar-refractivity contribution in [2.45, 2.75) is 13.1 Å². The van der Waals surface area contributed by atoms with Gasteiger partial charge in [0.15, 0.2) is 0 Å². The normalized spacial score (nSPS) is 10.4. The van der Waals surface area contributed by atoms with Crippen LogP contribution in [0.4, 0.5) is 4.39 Å². The van der Waals surface area contributed by atoms with Crippen molar-refractivity contribution in [3.63, 3.8) is 0 Å². The van der Waals surface area contributed by atoms with Crippen molar-refractivity contribution in [2.75, 3.05) is 0 Å². The molecule has 0 saturated carbocycles. The number of hydrogen-bond acceptors (Lipinski definition) is 3. The Bertz CT molecular complexity index is 921. The van der Waals surface area contributed by atoms with E-state index in [-0.39, 0.29) is 29.5 Å². The molecule has 1 aromatic heterocycles. The Balaban J connectivity index is 1.73. The second-order valence-electron chi connectivity index (χ2n) is 5.51. The van der Waals surface area contributed by atoms with Crippen molar-refractivity contribution >= 4 is 5.91 Å². The summed E-state index contributed by atoms with van der Waals surface area (Å²) in [6.07, 6.45) is 0. The molecule has 0 radical (unpaired) electrons. The van der Waals surface area contributed by atoms with E-state index < -0.39 is 0 Å². The van der Waals surface area contributed by atoms with E-state index in [1.807, 2.05) is 30.3 Å². The minimum atomic E-state index is -0.364. The van der Waals surface area contributed by atoms with E-state index in [0.717, 1.165) is 11.1 Å². The zero-order valence-corrected chi connectivity index (χ0v) is 13.4. The SMILES string of the molecule is O=C(NCc1ccccc1)c1ccc(=O)n(Cc2ccc(F)cc2)n1. The van der Waals surface area contributed by atoms with E-state index in [4.69, 9.17) is 0 Å². The van der Waals surface area contributed by atoms with Crippen LogP contribution >= 0.6 is 0 Å². The maximum Gasteiger partial charge on any atom is 0.271 e. The highest BCUT2D eigenvalue weighted by molar-refractivity contribution is 5.91. The summed E-state index contributed by atoms with van der Waals surface area (Å²) in [4.78, 5) is 24.2. The lowest BCUT2D eigenvalue weighted by Crippen LogP contribution is -2.29. The van der Waals surface area contributed by atoms with Gasteiger partial charge in [0.25, 0.3) is 11.5 Å². The number of carbonyl (C=O) groups excluding carboxylic acids is 1. The number of halogens is 1. The first-order chi connectivity index (χ1) is 12.1. The van der Waals surface area contributed by atoms with Crippen molar-refractivity contribution in [3.8, 4) is 0 Å². The van der Waals surface area contributed by atoms with Crippen molar-refractivity contribution < 1.29 is 9.18 Å². The number of carbonyl (C=O) groups is 1. The van der Waals surface area contributed by atoms with Crippen LogP contribution in [-0.2, 0) is 13.1 Å². The number of rotatable bonds is 5. The summed E-state index contributed by atoms with van der Waals surface area (Å²) in [5.41, 5.74) is 1.51. The maximum atomic E-state index is 13.0. The Morgan fingerprint density at radius 2 is 1.68 bits per heavy atom. The molecule has 0 aliphatic heterocycles. The summed E-state index contributed by atoms with van der Waals surface area (Å²) in [6, 6.07) is 18.0. The van der Waals surface area contributed by atoms with Gasteiger partial charge in [0.2, 0.25) is 0 Å². The van der Waals surface area contributed by atoms with Crippen molar-refractivity contribution in [1.82, 2.24) is 15.1 Å². The Hall–Kier alpha value is -3.28. The van der Waals surface area contributed by atoms with E-state index >= 15 is 0 Å². The number of amides is 1. The zero-order chi connectivity index (χ0) is 17.6. The molecule has 2 aromatic carbocycles. The van der Waals surface area contributed by atoms with Crippen LogP contribution in [0, 0.1) is 5.82 Å². The predicted molar refractivity (Wildman–Crippen MR) is 91.6 cm³/mol. The number of aromatic nitrogens is 2. The lowest BCUT2D eigenvalue weighted by Gasteiger charge is -2.08. The molecule has 3 aromatic rings. The molecule has 3 rings (SSSR count). The summed E-state index contributed by atoms with van der Waals surface area (Å²) in [5, 5.41) is 6.87. The van der Waals surface area contributed by atoms with Crippen molar-refractivity contribution in [2.24, 2.45) is 0 Å². The monoisotopic (exact) mass is 337 g/mol. The van der Waals surface area contributed by atoms with Gasteiger partial charge in [-0.3, -0.25) is 9.59 Å². The van der Waals surface area contributed by atoms with Crippen LogP contribution in [0.1, 0.15) is 21.6 Å². The van der Waals surface area contributed by atoms with Gasteiger partial charge in [0, 0.05) is 12.6 Å². The lowest BCUT2D eigenvalue weighted by molar-refractivity contribution is 0.0943. The molecule has 25 heavy (non-hydrogen) atoms. The molecular weight excluding hydrogens is 321 g/mol. The summed E-state index contributed by atoms with van der Waals surface area (Å²) >= 11 is 0. The molecule has 0 atom stereocenters. The van der Waals surface area contributed by atoms with Gasteiger partial charge >= 0.3 is 0 Å². The first-order valence-corrected chi connectivity index (χ1v) is 7.76. The van der Waals surface area contributed by atoms with E-state index in [1.165, 1.54) is 28.9 Å². The average molecular weight is 337 g/mol. The molecule has 0 spiro atoms. The molecule has 126 valence electrons. The van der Waals surface area contributed by atoms with Crippen LogP contribution in [0.3, 0.4) is 0 Å². The fourth-order valence-corrected chi connectivity index (χ4v) is 2.31. The van der Waals surface area contributed by atoms with Crippen LogP contribution in [-0.4, -0.2) is 15.7 Å². The molecular formula is C19H16FN3O2. The standard InChI is InChI=1S/C19H16FN3O2/c20-16-8-6-15(7-9-16)13-23-18(24)11-10-17(22-23)19(25)21-12-14-4-2-1-3-5-14/h1-11H,12-13H2,(H,21,25). The quantitative estimate of drug-likeness (QED) is 0.777. The molecule has 1 N–H and O–H groups in total. The van der Waals surface area contributed by atoms with E-state index in [1.54, 1.807) is 12.1 Å². The third-order valence-corrected chi connectivity index (χ3v) is 3.64. The van der Waals surface area contributed by atoms with Crippen molar-refractivity contribution in [1.29, 1.82) is 0 Å². The van der Waals surface area contributed by atoms with Gasteiger partial charge in [-0.2, -0.15) is 5.10 Å². The Morgan fingerprint density at radius 1 is 0.960 bits per heavy atom. The molecule has 0 saturated heterocycles. The van der Waals surface area contributed by atoms with Crippen LogP contribution in [0.5, 0.6) is 0 Å². The average Bonchev–Trinajstić information content (AvgIpc) is 2.64. The lowest BCUT2D eigenvalue weighted by atomic mass is 10.2. The number of nitrogens with zero attached hydrogens (tertiary/aromatic N) is 2. The maximum absolute atomic E-state index is 13.0. The topological polar surface area (TPSA) is 64.0 Å². The van der Waals surface area contributed by atoms with Gasteiger partial charge in [-0.1, -0.05) is 42.5 Å². The minimum Gasteiger partial charge on any atom is -0.347 e. The van der Waals surface area contributed by atoms with Gasteiger partial charge in [-0.05, 0) is 29.3 Å². The number of nitrogens with one attached hydrogen (secondary N) is 1. The highest BCUT2D eigenvalue weighted by Crippen LogP contribution is 2.04. The molecule has 0 fully saturated rings.